The van der Waals surface area contributed by atoms with E-state index in [9.17, 15) is 9.59 Å². The van der Waals surface area contributed by atoms with E-state index in [-0.39, 0.29) is 12.1 Å². The molecule has 0 aliphatic carbocycles. The molecule has 1 aromatic carbocycles. The van der Waals surface area contributed by atoms with Crippen molar-refractivity contribution < 1.29 is 14.7 Å². The van der Waals surface area contributed by atoms with Crippen molar-refractivity contribution in [2.45, 2.75) is 19.4 Å². The first-order valence-electron chi connectivity index (χ1n) is 6.73. The highest BCUT2D eigenvalue weighted by molar-refractivity contribution is 5.92. The van der Waals surface area contributed by atoms with Crippen LogP contribution in [0.1, 0.15) is 18.9 Å². The molecule has 1 N–H and O–H groups in total. The number of aliphatic carboxylic acids is 1. The molecule has 0 aromatic heterocycles. The summed E-state index contributed by atoms with van der Waals surface area (Å²) in [5, 5.41) is 18.0. The Morgan fingerprint density at radius 2 is 2.19 bits per heavy atom. The lowest BCUT2D eigenvalue weighted by Gasteiger charge is -2.28. The SMILES string of the molecule is CC1C(C(=O)O)CCN1C(=O)N(C)c1cccc(C#N)c1. The van der Waals surface area contributed by atoms with Crippen molar-refractivity contribution in [1.29, 1.82) is 5.26 Å². The highest BCUT2D eigenvalue weighted by Crippen LogP contribution is 2.26. The van der Waals surface area contributed by atoms with E-state index >= 15 is 0 Å². The summed E-state index contributed by atoms with van der Waals surface area (Å²) in [4.78, 5) is 26.6. The van der Waals surface area contributed by atoms with Gasteiger partial charge in [0.05, 0.1) is 17.6 Å². The monoisotopic (exact) mass is 287 g/mol. The average molecular weight is 287 g/mol. The van der Waals surface area contributed by atoms with Gasteiger partial charge in [0.2, 0.25) is 0 Å². The van der Waals surface area contributed by atoms with Gasteiger partial charge in [0.1, 0.15) is 0 Å². The van der Waals surface area contributed by atoms with Gasteiger partial charge in [-0.2, -0.15) is 5.26 Å². The number of carbonyl (C=O) groups excluding carboxylic acids is 1. The van der Waals surface area contributed by atoms with Crippen molar-refractivity contribution in [3.05, 3.63) is 29.8 Å². The number of urea groups is 1. The van der Waals surface area contributed by atoms with Crippen LogP contribution in [0.4, 0.5) is 10.5 Å². The summed E-state index contributed by atoms with van der Waals surface area (Å²) in [6.07, 6.45) is 0.467. The third-order valence-corrected chi connectivity index (χ3v) is 3.97. The fourth-order valence-corrected chi connectivity index (χ4v) is 2.63. The molecular weight excluding hydrogens is 270 g/mol. The number of carboxylic acid groups (broad SMARTS) is 1. The van der Waals surface area contributed by atoms with Crippen LogP contribution in [0.3, 0.4) is 0 Å². The zero-order valence-corrected chi connectivity index (χ0v) is 12.0. The lowest BCUT2D eigenvalue weighted by Crippen LogP contribution is -2.44. The van der Waals surface area contributed by atoms with Crippen LogP contribution >= 0.6 is 0 Å². The van der Waals surface area contributed by atoms with E-state index in [0.717, 1.165) is 0 Å². The second kappa shape index (κ2) is 5.83. The van der Waals surface area contributed by atoms with Crippen molar-refractivity contribution in [2.75, 3.05) is 18.5 Å². The molecule has 110 valence electrons. The molecule has 1 aliphatic heterocycles. The van der Waals surface area contributed by atoms with E-state index in [4.69, 9.17) is 10.4 Å². The molecule has 0 radical (unpaired) electrons. The Morgan fingerprint density at radius 3 is 2.76 bits per heavy atom. The van der Waals surface area contributed by atoms with Gasteiger partial charge >= 0.3 is 12.0 Å². The van der Waals surface area contributed by atoms with Crippen molar-refractivity contribution >= 4 is 17.7 Å². The first kappa shape index (κ1) is 14.9. The zero-order chi connectivity index (χ0) is 15.6. The Hall–Kier alpha value is -2.55. The normalized spacial score (nSPS) is 20.9. The van der Waals surface area contributed by atoms with Crippen LogP contribution in [-0.4, -0.2) is 41.6 Å². The molecule has 6 heteroatoms. The first-order valence-corrected chi connectivity index (χ1v) is 6.73. The van der Waals surface area contributed by atoms with Crippen LogP contribution in [0.2, 0.25) is 0 Å². The Bertz CT molecular complexity index is 608. The number of carboxylic acids is 1. The molecule has 2 amide bonds. The Morgan fingerprint density at radius 1 is 1.48 bits per heavy atom. The van der Waals surface area contributed by atoms with Crippen molar-refractivity contribution in [3.8, 4) is 6.07 Å². The van der Waals surface area contributed by atoms with Crippen molar-refractivity contribution in [2.24, 2.45) is 5.92 Å². The number of nitriles is 1. The van der Waals surface area contributed by atoms with Gasteiger partial charge in [0.15, 0.2) is 0 Å². The molecule has 1 saturated heterocycles. The summed E-state index contributed by atoms with van der Waals surface area (Å²) in [6, 6.07) is 8.20. The maximum Gasteiger partial charge on any atom is 0.324 e. The minimum Gasteiger partial charge on any atom is -0.481 e. The number of benzene rings is 1. The predicted molar refractivity (Wildman–Crippen MR) is 76.9 cm³/mol. The number of likely N-dealkylation sites (tertiary alicyclic amines) is 1. The van der Waals surface area contributed by atoms with E-state index < -0.39 is 11.9 Å². The first-order chi connectivity index (χ1) is 9.95. The van der Waals surface area contributed by atoms with E-state index in [2.05, 4.69) is 0 Å². The van der Waals surface area contributed by atoms with Crippen LogP contribution in [0.5, 0.6) is 0 Å². The standard InChI is InChI=1S/C15H17N3O3/c1-10-13(14(19)20)6-7-18(10)15(21)17(2)12-5-3-4-11(8-12)9-16/h3-5,8,10,13H,6-7H2,1-2H3,(H,19,20). The van der Waals surface area contributed by atoms with Gasteiger partial charge in [0.25, 0.3) is 0 Å². The Balaban J connectivity index is 2.16. The van der Waals surface area contributed by atoms with E-state index in [1.807, 2.05) is 6.07 Å². The number of hydrogen-bond donors (Lipinski definition) is 1. The molecule has 1 fully saturated rings. The van der Waals surface area contributed by atoms with Gasteiger partial charge in [-0.05, 0) is 31.5 Å². The quantitative estimate of drug-likeness (QED) is 0.900. The van der Waals surface area contributed by atoms with Gasteiger partial charge in [-0.25, -0.2) is 4.79 Å². The molecule has 0 saturated carbocycles. The molecule has 6 nitrogen and oxygen atoms in total. The zero-order valence-electron chi connectivity index (χ0n) is 12.0. The van der Waals surface area contributed by atoms with Crippen molar-refractivity contribution in [1.82, 2.24) is 4.90 Å². The number of amides is 2. The summed E-state index contributed by atoms with van der Waals surface area (Å²) in [5.74, 6) is -1.39. The Kier molecular flexibility index (Phi) is 4.13. The second-order valence-electron chi connectivity index (χ2n) is 5.17. The number of carbonyl (C=O) groups is 2. The molecule has 2 rings (SSSR count). The van der Waals surface area contributed by atoms with Crippen LogP contribution in [-0.2, 0) is 4.79 Å². The maximum absolute atomic E-state index is 12.5. The predicted octanol–water partition coefficient (Wildman–Crippen LogP) is 1.91. The third kappa shape index (κ3) is 2.82. The topological polar surface area (TPSA) is 84.6 Å². The lowest BCUT2D eigenvalue weighted by molar-refractivity contribution is -0.142. The number of hydrogen-bond acceptors (Lipinski definition) is 3. The largest absolute Gasteiger partial charge is 0.481 e. The van der Waals surface area contributed by atoms with E-state index in [0.29, 0.717) is 24.2 Å². The number of rotatable bonds is 2. The fraction of sp³-hybridized carbons (Fsp3) is 0.400. The van der Waals surface area contributed by atoms with Gasteiger partial charge in [-0.1, -0.05) is 6.07 Å². The molecule has 1 aliphatic rings. The molecule has 0 spiro atoms. The minimum atomic E-state index is -0.869. The van der Waals surface area contributed by atoms with Crippen LogP contribution in [0.15, 0.2) is 24.3 Å². The highest BCUT2D eigenvalue weighted by Gasteiger charge is 2.39. The molecule has 1 heterocycles. The summed E-state index contributed by atoms with van der Waals surface area (Å²) in [7, 11) is 1.62. The van der Waals surface area contributed by atoms with Gasteiger partial charge < -0.3 is 10.0 Å². The summed E-state index contributed by atoms with van der Waals surface area (Å²) >= 11 is 0. The molecule has 1 aromatic rings. The van der Waals surface area contributed by atoms with Gasteiger partial charge in [0, 0.05) is 25.3 Å². The smallest absolute Gasteiger partial charge is 0.324 e. The third-order valence-electron chi connectivity index (χ3n) is 3.97. The summed E-state index contributed by atoms with van der Waals surface area (Å²) < 4.78 is 0. The number of anilines is 1. The summed E-state index contributed by atoms with van der Waals surface area (Å²) in [6.45, 7) is 2.18. The second-order valence-corrected chi connectivity index (χ2v) is 5.17. The van der Waals surface area contributed by atoms with Crippen LogP contribution in [0, 0.1) is 17.2 Å². The van der Waals surface area contributed by atoms with E-state index in [1.165, 1.54) is 4.90 Å². The molecule has 2 unspecified atom stereocenters. The van der Waals surface area contributed by atoms with Crippen LogP contribution in [0.25, 0.3) is 0 Å². The molecule has 21 heavy (non-hydrogen) atoms. The Labute approximate surface area is 123 Å². The highest BCUT2D eigenvalue weighted by atomic mass is 16.4. The average Bonchev–Trinajstić information content (AvgIpc) is 2.87. The molecule has 0 bridgehead atoms. The minimum absolute atomic E-state index is 0.249. The molecular formula is C15H17N3O3. The van der Waals surface area contributed by atoms with Crippen LogP contribution < -0.4 is 4.90 Å². The summed E-state index contributed by atoms with van der Waals surface area (Å²) in [5.41, 5.74) is 1.09. The lowest BCUT2D eigenvalue weighted by atomic mass is 10.0. The number of nitrogens with zero attached hydrogens (tertiary/aromatic N) is 3. The van der Waals surface area contributed by atoms with E-state index in [1.54, 1.807) is 43.1 Å². The van der Waals surface area contributed by atoms with Gasteiger partial charge in [-0.3, -0.25) is 9.69 Å². The van der Waals surface area contributed by atoms with Crippen molar-refractivity contribution in [3.63, 3.8) is 0 Å². The fourth-order valence-electron chi connectivity index (χ4n) is 2.63. The maximum atomic E-state index is 12.5. The molecule has 2 atom stereocenters. The van der Waals surface area contributed by atoms with Gasteiger partial charge in [-0.15, -0.1) is 0 Å².